The number of amides is 1. The van der Waals surface area contributed by atoms with Gasteiger partial charge in [0.25, 0.3) is 5.91 Å². The number of aromatic nitrogens is 3. The fourth-order valence-electron chi connectivity index (χ4n) is 3.38. The Morgan fingerprint density at radius 1 is 1.36 bits per heavy atom. The molecule has 0 bridgehead atoms. The van der Waals surface area contributed by atoms with Crippen LogP contribution in [-0.2, 0) is 24.4 Å². The molecule has 4 rings (SSSR count). The van der Waals surface area contributed by atoms with Crippen LogP contribution in [-0.4, -0.2) is 64.3 Å². The molecule has 1 fully saturated rings. The van der Waals surface area contributed by atoms with Crippen LogP contribution in [0, 0.1) is 0 Å². The van der Waals surface area contributed by atoms with Gasteiger partial charge in [-0.3, -0.25) is 14.8 Å². The molecular weight excluding hydrogens is 322 g/mol. The number of nitrogens with one attached hydrogen (secondary N) is 1. The second-order valence-electron chi connectivity index (χ2n) is 6.25. The van der Waals surface area contributed by atoms with Crippen LogP contribution in [0.2, 0.25) is 0 Å². The number of carbonyl (C=O) groups excluding carboxylic acids is 1. The molecule has 0 radical (unpaired) electrons. The molecule has 2 aliphatic heterocycles. The van der Waals surface area contributed by atoms with Crippen LogP contribution >= 0.6 is 0 Å². The van der Waals surface area contributed by atoms with E-state index in [1.54, 1.807) is 13.3 Å². The SMILES string of the molecule is COc1ncccc1CN1Cc2[nH]nc(C(=O)N3CCOCC3)c2C1. The Morgan fingerprint density at radius 2 is 2.20 bits per heavy atom. The summed E-state index contributed by atoms with van der Waals surface area (Å²) in [4.78, 5) is 21.0. The number of hydrogen-bond acceptors (Lipinski definition) is 6. The molecule has 0 atom stereocenters. The van der Waals surface area contributed by atoms with E-state index in [0.29, 0.717) is 51.0 Å². The summed E-state index contributed by atoms with van der Waals surface area (Å²) in [5.41, 5.74) is 3.58. The quantitative estimate of drug-likeness (QED) is 0.884. The zero-order chi connectivity index (χ0) is 17.2. The molecule has 25 heavy (non-hydrogen) atoms. The van der Waals surface area contributed by atoms with E-state index in [1.165, 1.54) is 0 Å². The average molecular weight is 343 g/mol. The number of aromatic amines is 1. The molecule has 2 aromatic rings. The van der Waals surface area contributed by atoms with Gasteiger partial charge in [0, 0.05) is 50.0 Å². The van der Waals surface area contributed by atoms with Gasteiger partial charge in [0.15, 0.2) is 5.69 Å². The molecule has 4 heterocycles. The van der Waals surface area contributed by atoms with Crippen molar-refractivity contribution in [3.63, 3.8) is 0 Å². The van der Waals surface area contributed by atoms with Gasteiger partial charge < -0.3 is 14.4 Å². The number of pyridine rings is 1. The van der Waals surface area contributed by atoms with Crippen molar-refractivity contribution >= 4 is 5.91 Å². The zero-order valence-corrected chi connectivity index (χ0v) is 14.2. The highest BCUT2D eigenvalue weighted by atomic mass is 16.5. The predicted molar refractivity (Wildman–Crippen MR) is 89.1 cm³/mol. The van der Waals surface area contributed by atoms with E-state index in [-0.39, 0.29) is 5.91 Å². The number of nitrogens with zero attached hydrogens (tertiary/aromatic N) is 4. The van der Waals surface area contributed by atoms with E-state index in [4.69, 9.17) is 9.47 Å². The molecule has 0 spiro atoms. The van der Waals surface area contributed by atoms with Crippen molar-refractivity contribution in [3.05, 3.63) is 40.8 Å². The van der Waals surface area contributed by atoms with Crippen molar-refractivity contribution in [2.24, 2.45) is 0 Å². The van der Waals surface area contributed by atoms with Gasteiger partial charge in [-0.2, -0.15) is 5.10 Å². The molecule has 132 valence electrons. The van der Waals surface area contributed by atoms with E-state index < -0.39 is 0 Å². The van der Waals surface area contributed by atoms with Gasteiger partial charge in [-0.15, -0.1) is 0 Å². The van der Waals surface area contributed by atoms with Crippen molar-refractivity contribution in [3.8, 4) is 5.88 Å². The van der Waals surface area contributed by atoms with E-state index in [2.05, 4.69) is 20.1 Å². The van der Waals surface area contributed by atoms with Crippen LogP contribution in [0.1, 0.15) is 27.3 Å². The summed E-state index contributed by atoms with van der Waals surface area (Å²) < 4.78 is 10.6. The Hall–Kier alpha value is -2.45. The summed E-state index contributed by atoms with van der Waals surface area (Å²) in [6.45, 7) is 4.56. The van der Waals surface area contributed by atoms with Gasteiger partial charge in [0.2, 0.25) is 5.88 Å². The van der Waals surface area contributed by atoms with Crippen LogP contribution in [0.15, 0.2) is 18.3 Å². The first-order valence-corrected chi connectivity index (χ1v) is 8.39. The van der Waals surface area contributed by atoms with Crippen molar-refractivity contribution in [2.45, 2.75) is 19.6 Å². The fraction of sp³-hybridized carbons (Fsp3) is 0.471. The lowest BCUT2D eigenvalue weighted by Gasteiger charge is -2.26. The summed E-state index contributed by atoms with van der Waals surface area (Å²) in [7, 11) is 1.63. The minimum Gasteiger partial charge on any atom is -0.481 e. The molecule has 8 nitrogen and oxygen atoms in total. The number of fused-ring (bicyclic) bond motifs is 1. The zero-order valence-electron chi connectivity index (χ0n) is 14.2. The van der Waals surface area contributed by atoms with Crippen LogP contribution in [0.4, 0.5) is 0 Å². The van der Waals surface area contributed by atoms with Crippen molar-refractivity contribution in [1.82, 2.24) is 25.0 Å². The maximum atomic E-state index is 12.7. The minimum absolute atomic E-state index is 0.0124. The summed E-state index contributed by atoms with van der Waals surface area (Å²) in [5.74, 6) is 0.627. The van der Waals surface area contributed by atoms with E-state index >= 15 is 0 Å². The van der Waals surface area contributed by atoms with Gasteiger partial charge in [0.05, 0.1) is 26.0 Å². The second kappa shape index (κ2) is 6.81. The van der Waals surface area contributed by atoms with E-state index in [9.17, 15) is 4.79 Å². The Morgan fingerprint density at radius 3 is 3.00 bits per heavy atom. The molecule has 2 aromatic heterocycles. The molecule has 1 saturated heterocycles. The predicted octanol–water partition coefficient (Wildman–Crippen LogP) is 0.801. The van der Waals surface area contributed by atoms with Crippen LogP contribution < -0.4 is 4.74 Å². The normalized spacial score (nSPS) is 17.6. The topological polar surface area (TPSA) is 83.6 Å². The molecule has 2 aliphatic rings. The van der Waals surface area contributed by atoms with Crippen molar-refractivity contribution in [1.29, 1.82) is 0 Å². The standard InChI is InChI=1S/C17H21N5O3/c1-24-16-12(3-2-4-18-16)9-21-10-13-14(11-21)19-20-15(13)17(23)22-5-7-25-8-6-22/h2-4H,5-11H2,1H3,(H,19,20). The molecule has 0 aromatic carbocycles. The third-order valence-corrected chi connectivity index (χ3v) is 4.65. The highest BCUT2D eigenvalue weighted by Gasteiger charge is 2.31. The van der Waals surface area contributed by atoms with Crippen LogP contribution in [0.5, 0.6) is 5.88 Å². The van der Waals surface area contributed by atoms with E-state index in [0.717, 1.165) is 23.4 Å². The van der Waals surface area contributed by atoms with Gasteiger partial charge in [0.1, 0.15) is 0 Å². The molecule has 0 aliphatic carbocycles. The highest BCUT2D eigenvalue weighted by molar-refractivity contribution is 5.94. The lowest BCUT2D eigenvalue weighted by atomic mass is 10.2. The Labute approximate surface area is 145 Å². The minimum atomic E-state index is -0.0124. The van der Waals surface area contributed by atoms with Crippen molar-refractivity contribution < 1.29 is 14.3 Å². The smallest absolute Gasteiger partial charge is 0.274 e. The summed E-state index contributed by atoms with van der Waals surface area (Å²) in [5, 5.41) is 7.30. The maximum absolute atomic E-state index is 12.7. The molecule has 1 N–H and O–H groups in total. The Kier molecular flexibility index (Phi) is 4.37. The van der Waals surface area contributed by atoms with Gasteiger partial charge in [-0.25, -0.2) is 4.98 Å². The van der Waals surface area contributed by atoms with Gasteiger partial charge in [-0.1, -0.05) is 6.07 Å². The monoisotopic (exact) mass is 343 g/mol. The summed E-state index contributed by atoms with van der Waals surface area (Å²) in [6.07, 6.45) is 1.72. The highest BCUT2D eigenvalue weighted by Crippen LogP contribution is 2.27. The van der Waals surface area contributed by atoms with E-state index in [1.807, 2.05) is 17.0 Å². The van der Waals surface area contributed by atoms with Gasteiger partial charge >= 0.3 is 0 Å². The number of rotatable bonds is 4. The largest absolute Gasteiger partial charge is 0.481 e. The number of H-pyrrole nitrogens is 1. The third-order valence-electron chi connectivity index (χ3n) is 4.65. The van der Waals surface area contributed by atoms with Gasteiger partial charge in [-0.05, 0) is 6.07 Å². The number of ether oxygens (including phenoxy) is 2. The number of carbonyl (C=O) groups is 1. The molecule has 0 unspecified atom stereocenters. The second-order valence-corrected chi connectivity index (χ2v) is 6.25. The molecular formula is C17H21N5O3. The first kappa shape index (κ1) is 16.0. The van der Waals surface area contributed by atoms with Crippen molar-refractivity contribution in [2.75, 3.05) is 33.4 Å². The first-order chi connectivity index (χ1) is 12.3. The number of hydrogen-bond donors (Lipinski definition) is 1. The lowest BCUT2D eigenvalue weighted by Crippen LogP contribution is -2.41. The molecule has 1 amide bonds. The lowest BCUT2D eigenvalue weighted by molar-refractivity contribution is 0.0298. The average Bonchev–Trinajstić information content (AvgIpc) is 3.22. The first-order valence-electron chi connectivity index (χ1n) is 8.39. The Bertz CT molecular complexity index is 769. The third kappa shape index (κ3) is 3.10. The molecule has 0 saturated carbocycles. The van der Waals surface area contributed by atoms with Crippen LogP contribution in [0.3, 0.4) is 0 Å². The van der Waals surface area contributed by atoms with Crippen LogP contribution in [0.25, 0.3) is 0 Å². The maximum Gasteiger partial charge on any atom is 0.274 e. The Balaban J connectivity index is 1.48. The number of methoxy groups -OCH3 is 1. The summed E-state index contributed by atoms with van der Waals surface area (Å²) in [6, 6.07) is 3.92. The number of morpholine rings is 1. The molecule has 8 heteroatoms. The summed E-state index contributed by atoms with van der Waals surface area (Å²) >= 11 is 0. The fourth-order valence-corrected chi connectivity index (χ4v) is 3.38.